The number of aromatic nitrogens is 4. The summed E-state index contributed by atoms with van der Waals surface area (Å²) in [5.41, 5.74) is 7.86. The molecule has 0 fully saturated rings. The molecule has 0 unspecified atom stereocenters. The average molecular weight is 336 g/mol. The number of nitrogens with two attached hydrogens (primary N) is 1. The molecule has 118 valence electrons. The van der Waals surface area contributed by atoms with Crippen LogP contribution in [0.3, 0.4) is 0 Å². The van der Waals surface area contributed by atoms with Gasteiger partial charge in [0, 0.05) is 30.4 Å². The Kier molecular flexibility index (Phi) is 4.81. The number of thiocarbonyl (C=S) groups is 1. The summed E-state index contributed by atoms with van der Waals surface area (Å²) in [6.07, 6.45) is 5.33. The van der Waals surface area contributed by atoms with E-state index in [4.69, 9.17) is 10.5 Å². The minimum Gasteiger partial charge on any atom is -0.420 e. The van der Waals surface area contributed by atoms with E-state index in [1.165, 1.54) is 0 Å². The van der Waals surface area contributed by atoms with Crippen LogP contribution < -0.4 is 10.5 Å². The summed E-state index contributed by atoms with van der Waals surface area (Å²) < 4.78 is 5.76. The third-order valence-electron chi connectivity index (χ3n) is 3.05. The molecule has 0 aromatic carbocycles. The van der Waals surface area contributed by atoms with Crippen LogP contribution in [0.2, 0.25) is 0 Å². The number of hydrogen-bond acceptors (Lipinski definition) is 8. The Morgan fingerprint density at radius 2 is 2.04 bits per heavy atom. The van der Waals surface area contributed by atoms with E-state index in [0.29, 0.717) is 23.9 Å². The predicted molar refractivity (Wildman–Crippen MR) is 92.5 cm³/mol. The van der Waals surface area contributed by atoms with Gasteiger partial charge in [0.15, 0.2) is 0 Å². The second kappa shape index (κ2) is 7.36. The molecule has 0 atom stereocenters. The molecular formula is C16H12N6OS. The van der Waals surface area contributed by atoms with Crippen molar-refractivity contribution in [2.75, 3.05) is 5.73 Å². The lowest BCUT2D eigenvalue weighted by atomic mass is 10.1. The van der Waals surface area contributed by atoms with Crippen molar-refractivity contribution in [2.24, 2.45) is 4.99 Å². The van der Waals surface area contributed by atoms with Gasteiger partial charge in [-0.25, -0.2) is 19.9 Å². The minimum absolute atomic E-state index is 0.232. The zero-order valence-electron chi connectivity index (χ0n) is 12.5. The number of aliphatic imine (C=N–C) groups is 1. The van der Waals surface area contributed by atoms with E-state index in [-0.39, 0.29) is 5.95 Å². The maximum absolute atomic E-state index is 5.76. The van der Waals surface area contributed by atoms with Crippen LogP contribution in [0.15, 0.2) is 53.9 Å². The molecule has 0 saturated heterocycles. The average Bonchev–Trinajstić information content (AvgIpc) is 2.59. The van der Waals surface area contributed by atoms with E-state index in [1.807, 2.05) is 12.1 Å². The van der Waals surface area contributed by atoms with Crippen molar-refractivity contribution >= 4 is 29.0 Å². The van der Waals surface area contributed by atoms with Gasteiger partial charge in [-0.05, 0) is 30.4 Å². The van der Waals surface area contributed by atoms with Gasteiger partial charge in [0.05, 0.1) is 22.7 Å². The Morgan fingerprint density at radius 1 is 1.12 bits per heavy atom. The molecule has 7 nitrogen and oxygen atoms in total. The number of ether oxygens (including phenoxy) is 1. The second-order valence-electron chi connectivity index (χ2n) is 4.71. The van der Waals surface area contributed by atoms with E-state index in [0.717, 1.165) is 11.3 Å². The first-order valence-corrected chi connectivity index (χ1v) is 7.38. The van der Waals surface area contributed by atoms with E-state index >= 15 is 0 Å². The van der Waals surface area contributed by atoms with Crippen molar-refractivity contribution in [1.29, 1.82) is 0 Å². The molecule has 0 saturated carbocycles. The molecule has 0 aliphatic rings. The number of isothiocyanates is 1. The Labute approximate surface area is 143 Å². The number of anilines is 1. The van der Waals surface area contributed by atoms with Gasteiger partial charge in [-0.15, -0.1) is 0 Å². The third-order valence-corrected chi connectivity index (χ3v) is 3.14. The molecule has 8 heteroatoms. The smallest absolute Gasteiger partial charge is 0.224 e. The second-order valence-corrected chi connectivity index (χ2v) is 4.89. The Balaban J connectivity index is 1.82. The molecule has 3 aromatic heterocycles. The predicted octanol–water partition coefficient (Wildman–Crippen LogP) is 2.97. The van der Waals surface area contributed by atoms with Crippen LogP contribution in [0.5, 0.6) is 11.8 Å². The van der Waals surface area contributed by atoms with Crippen LogP contribution in [-0.4, -0.2) is 25.1 Å². The Hall–Kier alpha value is -3.22. The highest BCUT2D eigenvalue weighted by Crippen LogP contribution is 2.24. The lowest BCUT2D eigenvalue weighted by Gasteiger charge is -2.09. The summed E-state index contributed by atoms with van der Waals surface area (Å²) in [4.78, 5) is 20.3. The first-order valence-electron chi connectivity index (χ1n) is 6.97. The van der Waals surface area contributed by atoms with Crippen LogP contribution >= 0.6 is 12.2 Å². The van der Waals surface area contributed by atoms with Crippen LogP contribution in [0, 0.1) is 0 Å². The fourth-order valence-electron chi connectivity index (χ4n) is 2.01. The van der Waals surface area contributed by atoms with Gasteiger partial charge in [-0.3, -0.25) is 0 Å². The molecule has 2 N–H and O–H groups in total. The van der Waals surface area contributed by atoms with E-state index < -0.39 is 0 Å². The van der Waals surface area contributed by atoms with Crippen LogP contribution in [-0.2, 0) is 6.42 Å². The monoisotopic (exact) mass is 336 g/mol. The van der Waals surface area contributed by atoms with Crippen LogP contribution in [0.25, 0.3) is 0 Å². The zero-order valence-corrected chi connectivity index (χ0v) is 13.3. The third kappa shape index (κ3) is 3.95. The molecule has 3 rings (SSSR count). The fraction of sp³-hybridized carbons (Fsp3) is 0.0625. The number of nitrogens with zero attached hydrogens (tertiary/aromatic N) is 5. The van der Waals surface area contributed by atoms with E-state index in [2.05, 4.69) is 42.3 Å². The first-order chi connectivity index (χ1) is 11.7. The topological polar surface area (TPSA) is 99.2 Å². The molecule has 0 radical (unpaired) electrons. The molecule has 24 heavy (non-hydrogen) atoms. The van der Waals surface area contributed by atoms with Crippen molar-refractivity contribution in [3.05, 3.63) is 60.2 Å². The highest BCUT2D eigenvalue weighted by Gasteiger charge is 2.09. The van der Waals surface area contributed by atoms with Gasteiger partial charge in [0.2, 0.25) is 17.7 Å². The summed E-state index contributed by atoms with van der Waals surface area (Å²) in [6.45, 7) is 0. The normalized spacial score (nSPS) is 10.0. The quantitative estimate of drug-likeness (QED) is 0.565. The molecular weight excluding hydrogens is 324 g/mol. The van der Waals surface area contributed by atoms with Gasteiger partial charge >= 0.3 is 0 Å². The van der Waals surface area contributed by atoms with Crippen LogP contribution in [0.1, 0.15) is 11.3 Å². The highest BCUT2D eigenvalue weighted by molar-refractivity contribution is 7.78. The standard InChI is InChI=1S/C16H12N6OS/c17-16-19-7-5-12(22-16)8-11-2-1-6-18-15(11)23-14-4-3-13(9-20-14)21-10-24/h1-7,9H,8H2,(H2,17,19,22). The summed E-state index contributed by atoms with van der Waals surface area (Å²) >= 11 is 4.56. The van der Waals surface area contributed by atoms with Gasteiger partial charge < -0.3 is 10.5 Å². The zero-order chi connectivity index (χ0) is 16.8. The Bertz CT molecular complexity index is 893. The lowest BCUT2D eigenvalue weighted by molar-refractivity contribution is 0.439. The van der Waals surface area contributed by atoms with Crippen molar-refractivity contribution in [3.63, 3.8) is 0 Å². The van der Waals surface area contributed by atoms with E-state index in [1.54, 1.807) is 36.8 Å². The van der Waals surface area contributed by atoms with Gasteiger partial charge in [-0.1, -0.05) is 6.07 Å². The maximum Gasteiger partial charge on any atom is 0.224 e. The summed E-state index contributed by atoms with van der Waals surface area (Å²) in [7, 11) is 0. The van der Waals surface area contributed by atoms with Crippen molar-refractivity contribution in [1.82, 2.24) is 19.9 Å². The molecule has 0 spiro atoms. The van der Waals surface area contributed by atoms with Gasteiger partial charge in [0.25, 0.3) is 0 Å². The van der Waals surface area contributed by atoms with Crippen molar-refractivity contribution in [2.45, 2.75) is 6.42 Å². The number of hydrogen-bond donors (Lipinski definition) is 1. The minimum atomic E-state index is 0.232. The summed E-state index contributed by atoms with van der Waals surface area (Å²) in [6, 6.07) is 8.95. The highest BCUT2D eigenvalue weighted by atomic mass is 32.1. The molecule has 3 aromatic rings. The lowest BCUT2D eigenvalue weighted by Crippen LogP contribution is -2.01. The van der Waals surface area contributed by atoms with Crippen molar-refractivity contribution < 1.29 is 4.74 Å². The Morgan fingerprint density at radius 3 is 2.79 bits per heavy atom. The molecule has 0 bridgehead atoms. The van der Waals surface area contributed by atoms with Gasteiger partial charge in [-0.2, -0.15) is 4.99 Å². The largest absolute Gasteiger partial charge is 0.420 e. The number of rotatable bonds is 5. The SMILES string of the molecule is Nc1nccc(Cc2cccnc2Oc2ccc(N=C=S)cn2)n1. The summed E-state index contributed by atoms with van der Waals surface area (Å²) in [5, 5.41) is 2.29. The van der Waals surface area contributed by atoms with Crippen molar-refractivity contribution in [3.8, 4) is 11.8 Å². The molecule has 0 aliphatic heterocycles. The van der Waals surface area contributed by atoms with Crippen LogP contribution in [0.4, 0.5) is 11.6 Å². The molecule has 0 amide bonds. The van der Waals surface area contributed by atoms with Gasteiger partial charge in [0.1, 0.15) is 0 Å². The number of pyridine rings is 2. The van der Waals surface area contributed by atoms with E-state index in [9.17, 15) is 0 Å². The maximum atomic E-state index is 5.76. The molecule has 3 heterocycles. The fourth-order valence-corrected chi connectivity index (χ4v) is 2.11. The summed E-state index contributed by atoms with van der Waals surface area (Å²) in [5.74, 6) is 1.09. The first kappa shape index (κ1) is 15.7. The molecule has 0 aliphatic carbocycles. The number of nitrogen functional groups attached to an aromatic ring is 1.